The second kappa shape index (κ2) is 6.53. The normalized spacial score (nSPS) is 15.3. The van der Waals surface area contributed by atoms with E-state index in [4.69, 9.17) is 10.5 Å². The van der Waals surface area contributed by atoms with Crippen LogP contribution in [0.3, 0.4) is 0 Å². The van der Waals surface area contributed by atoms with Crippen LogP contribution in [0.4, 0.5) is 11.9 Å². The fourth-order valence-corrected chi connectivity index (χ4v) is 2.18. The molecule has 0 bridgehead atoms. The van der Waals surface area contributed by atoms with E-state index in [-0.39, 0.29) is 17.7 Å². The Bertz CT molecular complexity index is 453. The number of carbonyl (C=O) groups excluding carboxylic acids is 1. The van der Waals surface area contributed by atoms with Crippen LogP contribution in [0, 0.1) is 0 Å². The van der Waals surface area contributed by atoms with E-state index < -0.39 is 0 Å². The zero-order chi connectivity index (χ0) is 13.7. The van der Waals surface area contributed by atoms with Crippen LogP contribution in [0.1, 0.15) is 0 Å². The van der Waals surface area contributed by atoms with E-state index in [1.54, 1.807) is 0 Å². The number of aromatic nitrogens is 3. The summed E-state index contributed by atoms with van der Waals surface area (Å²) in [7, 11) is 1.34. The van der Waals surface area contributed by atoms with Gasteiger partial charge in [-0.3, -0.25) is 4.79 Å². The molecule has 104 valence electrons. The molecule has 0 spiro atoms. The van der Waals surface area contributed by atoms with E-state index in [1.165, 1.54) is 18.9 Å². The fraction of sp³-hybridized carbons (Fsp3) is 0.600. The number of methoxy groups -OCH3 is 1. The minimum Gasteiger partial charge on any atom is -0.468 e. The predicted molar refractivity (Wildman–Crippen MR) is 70.0 cm³/mol. The Balaban J connectivity index is 2.07. The van der Waals surface area contributed by atoms with E-state index in [0.717, 1.165) is 0 Å². The van der Waals surface area contributed by atoms with Crippen molar-refractivity contribution in [1.29, 1.82) is 0 Å². The summed E-state index contributed by atoms with van der Waals surface area (Å²) in [6, 6.07) is 0. The number of hydrogen-bond donors (Lipinski definition) is 1. The molecule has 1 aromatic rings. The van der Waals surface area contributed by atoms with E-state index >= 15 is 0 Å². The molecule has 0 atom stereocenters. The lowest BCUT2D eigenvalue weighted by Gasteiger charge is -2.26. The van der Waals surface area contributed by atoms with Gasteiger partial charge in [-0.15, -0.1) is 0 Å². The number of nitrogen functional groups attached to an aromatic ring is 1. The smallest absolute Gasteiger partial charge is 0.316 e. The number of thioether (sulfide) groups is 1. The third-order valence-corrected chi connectivity index (χ3v) is 3.28. The van der Waals surface area contributed by atoms with Gasteiger partial charge >= 0.3 is 5.97 Å². The van der Waals surface area contributed by atoms with E-state index in [1.807, 2.05) is 4.90 Å². The Labute approximate surface area is 114 Å². The summed E-state index contributed by atoms with van der Waals surface area (Å²) in [6.45, 7) is 2.70. The van der Waals surface area contributed by atoms with Gasteiger partial charge in [0.2, 0.25) is 11.9 Å². The second-order valence-electron chi connectivity index (χ2n) is 3.74. The molecule has 1 saturated heterocycles. The molecule has 9 heteroatoms. The number of anilines is 2. The Morgan fingerprint density at radius 3 is 2.84 bits per heavy atom. The number of nitrogens with zero attached hydrogens (tertiary/aromatic N) is 4. The van der Waals surface area contributed by atoms with Crippen LogP contribution in [0.2, 0.25) is 0 Å². The van der Waals surface area contributed by atoms with Crippen LogP contribution in [0.5, 0.6) is 0 Å². The van der Waals surface area contributed by atoms with Gasteiger partial charge in [-0.25, -0.2) is 0 Å². The van der Waals surface area contributed by atoms with Gasteiger partial charge in [0.25, 0.3) is 0 Å². The van der Waals surface area contributed by atoms with Crippen LogP contribution < -0.4 is 10.6 Å². The summed E-state index contributed by atoms with van der Waals surface area (Å²) >= 11 is 1.17. The Morgan fingerprint density at radius 1 is 1.42 bits per heavy atom. The largest absolute Gasteiger partial charge is 0.468 e. The van der Waals surface area contributed by atoms with E-state index in [2.05, 4.69) is 19.7 Å². The number of nitrogens with two attached hydrogens (primary N) is 1. The van der Waals surface area contributed by atoms with Crippen molar-refractivity contribution in [2.45, 2.75) is 5.16 Å². The highest BCUT2D eigenvalue weighted by atomic mass is 32.2. The molecule has 1 fully saturated rings. The van der Waals surface area contributed by atoms with Crippen molar-refractivity contribution in [2.24, 2.45) is 0 Å². The number of ether oxygens (including phenoxy) is 2. The third-order valence-electron chi connectivity index (χ3n) is 2.46. The van der Waals surface area contributed by atoms with Crippen molar-refractivity contribution < 1.29 is 14.3 Å². The summed E-state index contributed by atoms with van der Waals surface area (Å²) in [6.07, 6.45) is 0. The van der Waals surface area contributed by atoms with E-state index in [9.17, 15) is 4.79 Å². The minimum atomic E-state index is -0.336. The summed E-state index contributed by atoms with van der Waals surface area (Å²) < 4.78 is 9.82. The third kappa shape index (κ3) is 3.93. The Hall–Kier alpha value is -1.61. The van der Waals surface area contributed by atoms with Gasteiger partial charge in [0, 0.05) is 13.1 Å². The molecule has 2 heterocycles. The molecule has 0 aromatic carbocycles. The van der Waals surface area contributed by atoms with Crippen molar-refractivity contribution in [1.82, 2.24) is 15.0 Å². The Kier molecular flexibility index (Phi) is 4.74. The van der Waals surface area contributed by atoms with E-state index in [0.29, 0.717) is 37.4 Å². The van der Waals surface area contributed by atoms with Gasteiger partial charge in [-0.05, 0) is 0 Å². The standard InChI is InChI=1S/C10H15N5O3S/c1-17-7(16)6-19-10-13-8(11)12-9(14-10)15-2-4-18-5-3-15/h2-6H2,1H3,(H2,11,12,13,14). The highest BCUT2D eigenvalue weighted by Gasteiger charge is 2.16. The average molecular weight is 285 g/mol. The van der Waals surface area contributed by atoms with Gasteiger partial charge in [-0.2, -0.15) is 15.0 Å². The van der Waals surface area contributed by atoms with Crippen molar-refractivity contribution in [3.8, 4) is 0 Å². The van der Waals surface area contributed by atoms with Crippen LogP contribution in [0.25, 0.3) is 0 Å². The fourth-order valence-electron chi connectivity index (χ4n) is 1.51. The summed E-state index contributed by atoms with van der Waals surface area (Å²) in [5.41, 5.74) is 5.66. The van der Waals surface area contributed by atoms with Crippen LogP contribution in [0.15, 0.2) is 5.16 Å². The van der Waals surface area contributed by atoms with Crippen LogP contribution >= 0.6 is 11.8 Å². The molecule has 0 amide bonds. The molecular weight excluding hydrogens is 270 g/mol. The van der Waals surface area contributed by atoms with Crippen molar-refractivity contribution in [3.05, 3.63) is 0 Å². The first-order valence-corrected chi connectivity index (χ1v) is 6.71. The number of esters is 1. The average Bonchev–Trinajstić information content (AvgIpc) is 2.45. The summed E-state index contributed by atoms with van der Waals surface area (Å²) in [4.78, 5) is 25.4. The number of rotatable bonds is 4. The molecule has 0 aliphatic carbocycles. The first-order valence-electron chi connectivity index (χ1n) is 5.73. The van der Waals surface area contributed by atoms with Gasteiger partial charge in [0.15, 0.2) is 5.16 Å². The molecule has 2 rings (SSSR count). The first kappa shape index (κ1) is 13.8. The van der Waals surface area contributed by atoms with Crippen molar-refractivity contribution >= 4 is 29.6 Å². The van der Waals surface area contributed by atoms with Gasteiger partial charge in [-0.1, -0.05) is 11.8 Å². The highest BCUT2D eigenvalue weighted by Crippen LogP contribution is 2.18. The monoisotopic (exact) mass is 285 g/mol. The minimum absolute atomic E-state index is 0.141. The zero-order valence-corrected chi connectivity index (χ0v) is 11.4. The number of carbonyl (C=O) groups is 1. The van der Waals surface area contributed by atoms with Crippen LogP contribution in [-0.2, 0) is 14.3 Å². The molecule has 1 aromatic heterocycles. The molecule has 0 saturated carbocycles. The van der Waals surface area contributed by atoms with Gasteiger partial charge < -0.3 is 20.1 Å². The molecule has 0 radical (unpaired) electrons. The molecule has 8 nitrogen and oxygen atoms in total. The summed E-state index contributed by atoms with van der Waals surface area (Å²) in [5.74, 6) is 0.464. The molecule has 0 unspecified atom stereocenters. The lowest BCUT2D eigenvalue weighted by atomic mass is 10.4. The molecule has 2 N–H and O–H groups in total. The molecular formula is C10H15N5O3S. The summed E-state index contributed by atoms with van der Waals surface area (Å²) in [5, 5.41) is 0.416. The predicted octanol–water partition coefficient (Wildman–Crippen LogP) is -0.445. The first-order chi connectivity index (χ1) is 9.19. The van der Waals surface area contributed by atoms with Crippen molar-refractivity contribution in [2.75, 3.05) is 49.8 Å². The lowest BCUT2D eigenvalue weighted by Crippen LogP contribution is -2.37. The topological polar surface area (TPSA) is 103 Å². The maximum atomic E-state index is 11.1. The Morgan fingerprint density at radius 2 is 2.16 bits per heavy atom. The van der Waals surface area contributed by atoms with Crippen LogP contribution in [-0.4, -0.2) is 60.1 Å². The molecule has 1 aliphatic heterocycles. The second-order valence-corrected chi connectivity index (χ2v) is 4.68. The quantitative estimate of drug-likeness (QED) is 0.582. The molecule has 1 aliphatic rings. The lowest BCUT2D eigenvalue weighted by molar-refractivity contribution is -0.137. The highest BCUT2D eigenvalue weighted by molar-refractivity contribution is 7.99. The van der Waals surface area contributed by atoms with Gasteiger partial charge in [0.05, 0.1) is 26.1 Å². The SMILES string of the molecule is COC(=O)CSc1nc(N)nc(N2CCOCC2)n1. The maximum absolute atomic E-state index is 11.1. The maximum Gasteiger partial charge on any atom is 0.316 e. The number of hydrogen-bond acceptors (Lipinski definition) is 9. The molecule has 19 heavy (non-hydrogen) atoms. The number of morpholine rings is 1. The van der Waals surface area contributed by atoms with Crippen molar-refractivity contribution in [3.63, 3.8) is 0 Å². The van der Waals surface area contributed by atoms with Gasteiger partial charge in [0.1, 0.15) is 0 Å². The zero-order valence-electron chi connectivity index (χ0n) is 10.5.